The van der Waals surface area contributed by atoms with E-state index in [0.29, 0.717) is 18.9 Å². The number of hydrogen-bond donors (Lipinski definition) is 2. The molecule has 4 nitrogen and oxygen atoms in total. The monoisotopic (exact) mass is 342 g/mol. The van der Waals surface area contributed by atoms with Crippen molar-refractivity contribution < 1.29 is 9.59 Å². The highest BCUT2D eigenvalue weighted by Gasteiger charge is 2.57. The molecular weight excluding hydrogens is 312 g/mol. The average Bonchev–Trinajstić information content (AvgIpc) is 3.47. The Hall–Kier alpha value is -1.84. The van der Waals surface area contributed by atoms with Crippen molar-refractivity contribution in [2.75, 3.05) is 0 Å². The lowest BCUT2D eigenvalue weighted by Crippen LogP contribution is -2.45. The van der Waals surface area contributed by atoms with Gasteiger partial charge in [-0.05, 0) is 49.1 Å². The number of rotatable bonds is 8. The van der Waals surface area contributed by atoms with E-state index >= 15 is 0 Å². The molecule has 0 radical (unpaired) electrons. The zero-order valence-electron chi connectivity index (χ0n) is 15.6. The van der Waals surface area contributed by atoms with Crippen molar-refractivity contribution in [1.29, 1.82) is 0 Å². The topological polar surface area (TPSA) is 58.2 Å². The third kappa shape index (κ3) is 4.05. The minimum atomic E-state index is -0.822. The van der Waals surface area contributed by atoms with Crippen molar-refractivity contribution in [1.82, 2.24) is 10.6 Å². The van der Waals surface area contributed by atoms with E-state index in [0.717, 1.165) is 31.2 Å². The quantitative estimate of drug-likeness (QED) is 0.710. The highest BCUT2D eigenvalue weighted by Crippen LogP contribution is 2.47. The smallest absolute Gasteiger partial charge is 0.236 e. The van der Waals surface area contributed by atoms with Crippen LogP contribution in [0, 0.1) is 11.3 Å². The molecule has 2 fully saturated rings. The molecule has 0 aliphatic heterocycles. The third-order valence-corrected chi connectivity index (χ3v) is 5.36. The standard InChI is InChI=1S/C21H30N2O2/c1-4-5-15-6-8-16(9-7-15)18(14(2)3)23-20(25)21(12-13-21)19(24)22-17-10-11-17/h6-9,14,17-18H,4-5,10-13H2,1-3H3,(H,22,24)(H,23,25). The van der Waals surface area contributed by atoms with Crippen LogP contribution in [0.1, 0.15) is 70.0 Å². The normalized spacial score (nSPS) is 19.4. The Bertz CT molecular complexity index is 628. The van der Waals surface area contributed by atoms with Crippen LogP contribution in [0.3, 0.4) is 0 Å². The summed E-state index contributed by atoms with van der Waals surface area (Å²) in [5, 5.41) is 6.16. The van der Waals surface area contributed by atoms with E-state index in [2.05, 4.69) is 55.7 Å². The van der Waals surface area contributed by atoms with Gasteiger partial charge in [-0.3, -0.25) is 9.59 Å². The summed E-state index contributed by atoms with van der Waals surface area (Å²) in [6.07, 6.45) is 5.62. The first-order chi connectivity index (χ1) is 12.0. The second kappa shape index (κ2) is 7.19. The average molecular weight is 342 g/mol. The van der Waals surface area contributed by atoms with Gasteiger partial charge in [-0.15, -0.1) is 0 Å². The van der Waals surface area contributed by atoms with Gasteiger partial charge < -0.3 is 10.6 Å². The molecule has 136 valence electrons. The van der Waals surface area contributed by atoms with Crippen LogP contribution in [0.25, 0.3) is 0 Å². The maximum Gasteiger partial charge on any atom is 0.236 e. The fourth-order valence-electron chi connectivity index (χ4n) is 3.33. The van der Waals surface area contributed by atoms with E-state index in [9.17, 15) is 9.59 Å². The summed E-state index contributed by atoms with van der Waals surface area (Å²) < 4.78 is 0. The lowest BCUT2D eigenvalue weighted by Gasteiger charge is -2.26. The zero-order valence-corrected chi connectivity index (χ0v) is 15.6. The summed E-state index contributed by atoms with van der Waals surface area (Å²) >= 11 is 0. The molecule has 2 saturated carbocycles. The van der Waals surface area contributed by atoms with E-state index in [4.69, 9.17) is 0 Å². The first-order valence-corrected chi connectivity index (χ1v) is 9.67. The summed E-state index contributed by atoms with van der Waals surface area (Å²) in [6, 6.07) is 8.75. The largest absolute Gasteiger partial charge is 0.352 e. The molecular formula is C21H30N2O2. The van der Waals surface area contributed by atoms with E-state index in [-0.39, 0.29) is 23.8 Å². The number of hydrogen-bond acceptors (Lipinski definition) is 2. The molecule has 0 saturated heterocycles. The third-order valence-electron chi connectivity index (χ3n) is 5.36. The molecule has 2 amide bonds. The number of amides is 2. The fraction of sp³-hybridized carbons (Fsp3) is 0.619. The highest BCUT2D eigenvalue weighted by atomic mass is 16.2. The van der Waals surface area contributed by atoms with Crippen molar-refractivity contribution in [2.45, 2.75) is 71.4 Å². The van der Waals surface area contributed by atoms with Crippen molar-refractivity contribution in [3.05, 3.63) is 35.4 Å². The molecule has 0 aromatic heterocycles. The van der Waals surface area contributed by atoms with Gasteiger partial charge in [0, 0.05) is 6.04 Å². The number of nitrogens with one attached hydrogen (secondary N) is 2. The summed E-state index contributed by atoms with van der Waals surface area (Å²) in [5.74, 6) is 0.0820. The van der Waals surface area contributed by atoms with E-state index in [1.165, 1.54) is 5.56 Å². The van der Waals surface area contributed by atoms with Crippen LogP contribution in [0.4, 0.5) is 0 Å². The predicted octanol–water partition coefficient (Wildman–Crippen LogP) is 3.51. The summed E-state index contributed by atoms with van der Waals surface area (Å²) in [4.78, 5) is 25.3. The first-order valence-electron chi connectivity index (χ1n) is 9.67. The minimum Gasteiger partial charge on any atom is -0.352 e. The van der Waals surface area contributed by atoms with Gasteiger partial charge in [0.25, 0.3) is 0 Å². The summed E-state index contributed by atoms with van der Waals surface area (Å²) in [5.41, 5.74) is 1.61. The van der Waals surface area contributed by atoms with Gasteiger partial charge in [0.2, 0.25) is 11.8 Å². The first kappa shape index (κ1) is 18.0. The molecule has 2 N–H and O–H groups in total. The van der Waals surface area contributed by atoms with Gasteiger partial charge in [-0.2, -0.15) is 0 Å². The summed E-state index contributed by atoms with van der Waals surface area (Å²) in [7, 11) is 0. The molecule has 0 bridgehead atoms. The molecule has 0 heterocycles. The maximum absolute atomic E-state index is 12.9. The molecule has 2 aliphatic carbocycles. The molecule has 4 heteroatoms. The maximum atomic E-state index is 12.9. The fourth-order valence-corrected chi connectivity index (χ4v) is 3.33. The molecule has 2 aliphatic rings. The van der Waals surface area contributed by atoms with Gasteiger partial charge in [0.1, 0.15) is 5.41 Å². The summed E-state index contributed by atoms with van der Waals surface area (Å²) in [6.45, 7) is 6.39. The van der Waals surface area contributed by atoms with Crippen molar-refractivity contribution in [3.8, 4) is 0 Å². The van der Waals surface area contributed by atoms with E-state index in [1.807, 2.05) is 0 Å². The SMILES string of the molecule is CCCc1ccc(C(NC(=O)C2(C(=O)NC3CC3)CC2)C(C)C)cc1. The van der Waals surface area contributed by atoms with E-state index < -0.39 is 5.41 Å². The molecule has 1 aromatic carbocycles. The Labute approximate surface area is 150 Å². The number of benzene rings is 1. The minimum absolute atomic E-state index is 0.0608. The lowest BCUT2D eigenvalue weighted by atomic mass is 9.93. The van der Waals surface area contributed by atoms with E-state index in [1.54, 1.807) is 0 Å². The van der Waals surface area contributed by atoms with Crippen LogP contribution in [0.5, 0.6) is 0 Å². The molecule has 25 heavy (non-hydrogen) atoms. The lowest BCUT2D eigenvalue weighted by molar-refractivity contribution is -0.137. The van der Waals surface area contributed by atoms with Gasteiger partial charge in [-0.25, -0.2) is 0 Å². The molecule has 1 unspecified atom stereocenters. The Kier molecular flexibility index (Phi) is 5.16. The van der Waals surface area contributed by atoms with Crippen LogP contribution in [-0.2, 0) is 16.0 Å². The van der Waals surface area contributed by atoms with Gasteiger partial charge in [0.15, 0.2) is 0 Å². The predicted molar refractivity (Wildman–Crippen MR) is 99.0 cm³/mol. The molecule has 1 atom stereocenters. The van der Waals surface area contributed by atoms with Crippen LogP contribution in [-0.4, -0.2) is 17.9 Å². The van der Waals surface area contributed by atoms with Crippen LogP contribution in [0.2, 0.25) is 0 Å². The Morgan fingerprint density at radius 3 is 2.24 bits per heavy atom. The van der Waals surface area contributed by atoms with Gasteiger partial charge >= 0.3 is 0 Å². The van der Waals surface area contributed by atoms with Gasteiger partial charge in [-0.1, -0.05) is 51.5 Å². The number of aryl methyl sites for hydroxylation is 1. The second-order valence-electron chi connectivity index (χ2n) is 8.02. The number of carbonyl (C=O) groups is 2. The van der Waals surface area contributed by atoms with Crippen LogP contribution in [0.15, 0.2) is 24.3 Å². The Morgan fingerprint density at radius 1 is 1.12 bits per heavy atom. The zero-order chi connectivity index (χ0) is 18.0. The molecule has 0 spiro atoms. The highest BCUT2D eigenvalue weighted by molar-refractivity contribution is 6.08. The van der Waals surface area contributed by atoms with Gasteiger partial charge in [0.05, 0.1) is 6.04 Å². The van der Waals surface area contributed by atoms with Crippen LogP contribution >= 0.6 is 0 Å². The van der Waals surface area contributed by atoms with Crippen molar-refractivity contribution in [2.24, 2.45) is 11.3 Å². The van der Waals surface area contributed by atoms with Crippen molar-refractivity contribution in [3.63, 3.8) is 0 Å². The second-order valence-corrected chi connectivity index (χ2v) is 8.02. The molecule has 1 aromatic rings. The Morgan fingerprint density at radius 2 is 1.76 bits per heavy atom. The Balaban J connectivity index is 1.68. The molecule has 3 rings (SSSR count). The van der Waals surface area contributed by atoms with Crippen molar-refractivity contribution >= 4 is 11.8 Å². The van der Waals surface area contributed by atoms with Crippen LogP contribution < -0.4 is 10.6 Å². The number of carbonyl (C=O) groups excluding carboxylic acids is 2.